The fraction of sp³-hybridized carbons (Fsp3) is 0.367. The zero-order valence-corrected chi connectivity index (χ0v) is 26.9. The van der Waals surface area contributed by atoms with E-state index in [0.717, 1.165) is 29.4 Å². The minimum Gasteiger partial charge on any atom is -0.477 e. The summed E-state index contributed by atoms with van der Waals surface area (Å²) in [7, 11) is -3.19. The third kappa shape index (κ3) is 7.80. The van der Waals surface area contributed by atoms with Gasteiger partial charge in [-0.3, -0.25) is 10.1 Å². The number of rotatable bonds is 9. The number of aromatic nitrogens is 3. The van der Waals surface area contributed by atoms with Crippen molar-refractivity contribution in [2.45, 2.75) is 32.0 Å². The lowest BCUT2D eigenvalue weighted by atomic mass is 9.98. The van der Waals surface area contributed by atoms with Crippen LogP contribution in [0.4, 0.5) is 23.8 Å². The van der Waals surface area contributed by atoms with Crippen LogP contribution in [0.1, 0.15) is 41.9 Å². The highest BCUT2D eigenvalue weighted by atomic mass is 32.2. The van der Waals surface area contributed by atoms with E-state index in [9.17, 15) is 41.1 Å². The average Bonchev–Trinajstić information content (AvgIpc) is 3.51. The number of nitrogens with one attached hydrogen (secondary N) is 2. The van der Waals surface area contributed by atoms with Crippen LogP contribution in [-0.2, 0) is 16.0 Å². The molecule has 3 N–H and O–H groups in total. The van der Waals surface area contributed by atoms with E-state index in [0.29, 0.717) is 49.2 Å². The maximum atomic E-state index is 13.5. The molecule has 0 spiro atoms. The largest absolute Gasteiger partial charge is 0.477 e. The molecule has 0 aliphatic carbocycles. The molecule has 1 atom stereocenters. The van der Waals surface area contributed by atoms with Crippen molar-refractivity contribution in [3.05, 3.63) is 63.5 Å². The standard InChI is InChI=1S/C30H31F3N6O6S2/c1-3-34-29(43)37-25-12-19(27-36-24(16-46-27)30(31,32)33)21(13-35-25)17-6-7-23-20(11-17)26(40)22(28(41)42)15-39(23)18-5-4-8-38(14-18)9-10-47(2,44)45/h6-7,11-13,15-16,18H,3-5,8-10,14H2,1-2H3,(H,41,42)(H2,34,35,37,43). The first-order chi connectivity index (χ1) is 22.1. The lowest BCUT2D eigenvalue weighted by Crippen LogP contribution is -2.39. The van der Waals surface area contributed by atoms with Crippen LogP contribution in [0.3, 0.4) is 0 Å². The molecule has 5 rings (SSSR count). The number of likely N-dealkylation sites (tertiary alicyclic amines) is 1. The Labute approximate surface area is 271 Å². The number of pyridine rings is 2. The Bertz CT molecular complexity index is 2010. The molecule has 0 radical (unpaired) electrons. The van der Waals surface area contributed by atoms with Gasteiger partial charge in [-0.1, -0.05) is 6.07 Å². The molecule has 47 heavy (non-hydrogen) atoms. The van der Waals surface area contributed by atoms with Crippen molar-refractivity contribution in [2.24, 2.45) is 0 Å². The van der Waals surface area contributed by atoms with E-state index in [4.69, 9.17) is 0 Å². The second-order valence-corrected chi connectivity index (χ2v) is 14.3. The molecule has 0 bridgehead atoms. The van der Waals surface area contributed by atoms with Crippen LogP contribution in [0.5, 0.6) is 0 Å². The molecule has 0 saturated carbocycles. The summed E-state index contributed by atoms with van der Waals surface area (Å²) < 4.78 is 65.6. The molecule has 1 saturated heterocycles. The minimum atomic E-state index is -4.69. The number of halogens is 3. The van der Waals surface area contributed by atoms with Crippen LogP contribution in [0.15, 0.2) is 46.8 Å². The van der Waals surface area contributed by atoms with Crippen molar-refractivity contribution in [1.29, 1.82) is 0 Å². The first kappa shape index (κ1) is 34.0. The van der Waals surface area contributed by atoms with Crippen molar-refractivity contribution in [1.82, 2.24) is 24.8 Å². The van der Waals surface area contributed by atoms with Gasteiger partial charge in [-0.05, 0) is 50.1 Å². The molecular formula is C30H31F3N6O6S2. The first-order valence-corrected chi connectivity index (χ1v) is 17.5. The van der Waals surface area contributed by atoms with Crippen LogP contribution < -0.4 is 16.1 Å². The van der Waals surface area contributed by atoms with Gasteiger partial charge < -0.3 is 19.9 Å². The van der Waals surface area contributed by atoms with Crippen molar-refractivity contribution >= 4 is 49.9 Å². The van der Waals surface area contributed by atoms with E-state index in [1.807, 2.05) is 4.90 Å². The number of urea groups is 1. The van der Waals surface area contributed by atoms with Crippen molar-refractivity contribution < 1.29 is 36.3 Å². The van der Waals surface area contributed by atoms with Crippen LogP contribution in [0, 0.1) is 0 Å². The van der Waals surface area contributed by atoms with Gasteiger partial charge in [-0.25, -0.2) is 28.0 Å². The van der Waals surface area contributed by atoms with Gasteiger partial charge >= 0.3 is 18.2 Å². The quantitative estimate of drug-likeness (QED) is 0.225. The first-order valence-electron chi connectivity index (χ1n) is 14.5. The number of anilines is 1. The molecule has 2 amide bonds. The Hall–Kier alpha value is -4.35. The number of amides is 2. The summed E-state index contributed by atoms with van der Waals surface area (Å²) in [5, 5.41) is 15.9. The topological polar surface area (TPSA) is 164 Å². The number of carboxylic acid groups (broad SMARTS) is 1. The predicted molar refractivity (Wildman–Crippen MR) is 172 cm³/mol. The van der Waals surface area contributed by atoms with Crippen molar-refractivity contribution in [2.75, 3.05) is 43.5 Å². The molecule has 1 unspecified atom stereocenters. The van der Waals surface area contributed by atoms with E-state index in [-0.39, 0.29) is 33.6 Å². The Morgan fingerprint density at radius 3 is 2.62 bits per heavy atom. The fourth-order valence-electron chi connectivity index (χ4n) is 5.51. The summed E-state index contributed by atoms with van der Waals surface area (Å²) in [6, 6.07) is 5.31. The van der Waals surface area contributed by atoms with Crippen LogP contribution >= 0.6 is 11.3 Å². The Balaban J connectivity index is 1.62. The molecule has 3 aromatic heterocycles. The number of alkyl halides is 3. The van der Waals surface area contributed by atoms with Gasteiger partial charge in [0, 0.05) is 66.2 Å². The molecular weight excluding hydrogens is 661 g/mol. The number of hydrogen-bond acceptors (Lipinski definition) is 9. The number of aromatic carboxylic acids is 1. The summed E-state index contributed by atoms with van der Waals surface area (Å²) >= 11 is 0.743. The Morgan fingerprint density at radius 1 is 1.19 bits per heavy atom. The van der Waals surface area contributed by atoms with E-state index in [1.165, 1.54) is 24.5 Å². The number of carbonyl (C=O) groups is 2. The number of fused-ring (bicyclic) bond motifs is 1. The molecule has 4 heterocycles. The van der Waals surface area contributed by atoms with Gasteiger partial charge in [0.15, 0.2) is 5.69 Å². The lowest BCUT2D eigenvalue weighted by molar-refractivity contribution is -0.140. The number of nitrogens with zero attached hydrogens (tertiary/aromatic N) is 4. The molecule has 1 aromatic carbocycles. The zero-order valence-electron chi connectivity index (χ0n) is 25.3. The highest BCUT2D eigenvalue weighted by Gasteiger charge is 2.34. The van der Waals surface area contributed by atoms with E-state index in [2.05, 4.69) is 20.6 Å². The average molecular weight is 693 g/mol. The zero-order chi connectivity index (χ0) is 34.1. The number of carboxylic acids is 1. The third-order valence-electron chi connectivity index (χ3n) is 7.73. The number of hydrogen-bond donors (Lipinski definition) is 3. The number of benzene rings is 1. The number of thiazole rings is 1. The fourth-order valence-corrected chi connectivity index (χ4v) is 6.96. The number of sulfone groups is 1. The van der Waals surface area contributed by atoms with Crippen LogP contribution in [0.2, 0.25) is 0 Å². The number of piperidine rings is 1. The highest BCUT2D eigenvalue weighted by molar-refractivity contribution is 7.90. The molecule has 1 fully saturated rings. The smallest absolute Gasteiger partial charge is 0.434 e. The van der Waals surface area contributed by atoms with Gasteiger partial charge in [-0.2, -0.15) is 13.2 Å². The molecule has 4 aromatic rings. The lowest BCUT2D eigenvalue weighted by Gasteiger charge is -2.34. The third-order valence-corrected chi connectivity index (χ3v) is 9.53. The Kier molecular flexibility index (Phi) is 9.70. The van der Waals surface area contributed by atoms with E-state index in [1.54, 1.807) is 23.6 Å². The summed E-state index contributed by atoms with van der Waals surface area (Å²) in [5.74, 6) is -1.40. The SMILES string of the molecule is CCNC(=O)Nc1cc(-c2nc(C(F)(F)F)cs2)c(-c2ccc3c(c2)c(=O)c(C(=O)O)cn3C2CCCN(CCS(C)(=O)=O)C2)cn1. The Morgan fingerprint density at radius 2 is 1.96 bits per heavy atom. The second kappa shape index (κ2) is 13.4. The summed E-state index contributed by atoms with van der Waals surface area (Å²) in [4.78, 5) is 47.9. The van der Waals surface area contributed by atoms with Crippen LogP contribution in [0.25, 0.3) is 32.6 Å². The van der Waals surface area contributed by atoms with Crippen molar-refractivity contribution in [3.63, 3.8) is 0 Å². The van der Waals surface area contributed by atoms with Gasteiger partial charge in [0.05, 0.1) is 11.3 Å². The molecule has 1 aliphatic rings. The van der Waals surface area contributed by atoms with Gasteiger partial charge in [0.25, 0.3) is 0 Å². The predicted octanol–water partition coefficient (Wildman–Crippen LogP) is 4.73. The van der Waals surface area contributed by atoms with Crippen LogP contribution in [-0.4, -0.2) is 83.1 Å². The minimum absolute atomic E-state index is 0.0122. The molecule has 17 heteroatoms. The second-order valence-electron chi connectivity index (χ2n) is 11.2. The molecule has 12 nitrogen and oxygen atoms in total. The monoisotopic (exact) mass is 692 g/mol. The van der Waals surface area contributed by atoms with E-state index < -0.39 is 44.7 Å². The number of carbonyl (C=O) groups excluding carboxylic acids is 1. The summed E-state index contributed by atoms with van der Waals surface area (Å²) in [6.45, 7) is 3.46. The maximum Gasteiger partial charge on any atom is 0.434 e. The summed E-state index contributed by atoms with van der Waals surface area (Å²) in [6.07, 6.45) is 0.506. The molecule has 250 valence electrons. The molecule has 1 aliphatic heterocycles. The highest BCUT2D eigenvalue weighted by Crippen LogP contribution is 2.39. The van der Waals surface area contributed by atoms with Gasteiger partial charge in [-0.15, -0.1) is 11.3 Å². The normalized spacial score (nSPS) is 15.9. The van der Waals surface area contributed by atoms with Crippen molar-refractivity contribution in [3.8, 4) is 21.7 Å². The van der Waals surface area contributed by atoms with Gasteiger partial charge in [0.1, 0.15) is 26.2 Å². The van der Waals surface area contributed by atoms with Gasteiger partial charge in [0.2, 0.25) is 5.43 Å². The van der Waals surface area contributed by atoms with E-state index >= 15 is 0 Å². The maximum absolute atomic E-state index is 13.5. The summed E-state index contributed by atoms with van der Waals surface area (Å²) in [5.41, 5.74) is -0.994.